The first-order valence-corrected chi connectivity index (χ1v) is 5.30. The first-order chi connectivity index (χ1) is 8.10. The van der Waals surface area contributed by atoms with E-state index in [-0.39, 0.29) is 5.84 Å². The molecule has 0 aromatic carbocycles. The summed E-state index contributed by atoms with van der Waals surface area (Å²) in [6.45, 7) is 7.36. The van der Waals surface area contributed by atoms with Gasteiger partial charge in [-0.05, 0) is 33.3 Å². The smallest absolute Gasteiger partial charge is 0.151 e. The fourth-order valence-corrected chi connectivity index (χ4v) is 1.09. The van der Waals surface area contributed by atoms with Gasteiger partial charge in [0.25, 0.3) is 0 Å². The number of nitrogens with zero attached hydrogens (tertiary/aromatic N) is 3. The SMILES string of the molecule is C\C=N/C=C(C)/C(=C/C)/N=C(N)/C(=C/C)N=N. The van der Waals surface area contributed by atoms with Crippen LogP contribution in [-0.4, -0.2) is 12.1 Å². The van der Waals surface area contributed by atoms with Crippen LogP contribution in [0.25, 0.3) is 0 Å². The molecule has 0 aromatic rings. The second-order valence-electron chi connectivity index (χ2n) is 3.18. The summed E-state index contributed by atoms with van der Waals surface area (Å²) in [5, 5.41) is 3.29. The van der Waals surface area contributed by atoms with Crippen molar-refractivity contribution < 1.29 is 0 Å². The third-order valence-corrected chi connectivity index (χ3v) is 1.99. The average molecular weight is 233 g/mol. The normalized spacial score (nSPS) is 15.5. The highest BCUT2D eigenvalue weighted by Gasteiger charge is 2.02. The summed E-state index contributed by atoms with van der Waals surface area (Å²) in [4.78, 5) is 8.24. The zero-order valence-electron chi connectivity index (χ0n) is 10.7. The van der Waals surface area contributed by atoms with E-state index in [2.05, 4.69) is 15.1 Å². The lowest BCUT2D eigenvalue weighted by molar-refractivity contribution is 1.09. The number of hydrogen-bond donors (Lipinski definition) is 2. The van der Waals surface area contributed by atoms with Gasteiger partial charge in [0, 0.05) is 12.4 Å². The van der Waals surface area contributed by atoms with Gasteiger partial charge in [0.1, 0.15) is 5.70 Å². The van der Waals surface area contributed by atoms with Crippen LogP contribution in [0, 0.1) is 5.53 Å². The van der Waals surface area contributed by atoms with Gasteiger partial charge in [-0.15, -0.1) is 0 Å². The van der Waals surface area contributed by atoms with E-state index in [4.69, 9.17) is 11.3 Å². The molecular weight excluding hydrogens is 214 g/mol. The zero-order valence-corrected chi connectivity index (χ0v) is 10.7. The fraction of sp³-hybridized carbons (Fsp3) is 0.333. The number of amidine groups is 1. The third kappa shape index (κ3) is 5.01. The highest BCUT2D eigenvalue weighted by molar-refractivity contribution is 5.97. The zero-order chi connectivity index (χ0) is 13.3. The maximum absolute atomic E-state index is 6.95. The Balaban J connectivity index is 5.20. The van der Waals surface area contributed by atoms with Gasteiger partial charge in [-0.25, -0.2) is 10.5 Å². The van der Waals surface area contributed by atoms with Crippen LogP contribution in [0.15, 0.2) is 50.4 Å². The molecule has 0 aliphatic rings. The molecule has 0 fully saturated rings. The number of hydrogen-bond acceptors (Lipinski definition) is 4. The molecule has 0 aliphatic carbocycles. The molecule has 0 amide bonds. The van der Waals surface area contributed by atoms with Gasteiger partial charge in [0.05, 0.1) is 5.70 Å². The standard InChI is InChI=1S/C12H19N5/c1-5-10(9(4)8-15-7-3)16-12(13)11(6-2)17-14/h5-8,14H,1-4H3,(H2,13,16)/b9-8+,10-5-,11-6-,15-7-,17-14?. The summed E-state index contributed by atoms with van der Waals surface area (Å²) in [5.74, 6) is 0.226. The molecule has 92 valence electrons. The Morgan fingerprint density at radius 2 is 1.71 bits per heavy atom. The molecule has 3 N–H and O–H groups in total. The van der Waals surface area contributed by atoms with Crippen LogP contribution >= 0.6 is 0 Å². The monoisotopic (exact) mass is 233 g/mol. The van der Waals surface area contributed by atoms with Crippen molar-refractivity contribution in [2.24, 2.45) is 20.8 Å². The Kier molecular flexibility index (Phi) is 7.17. The maximum atomic E-state index is 6.95. The molecule has 5 nitrogen and oxygen atoms in total. The molecule has 0 saturated carbocycles. The first-order valence-electron chi connectivity index (χ1n) is 5.30. The molecule has 0 spiro atoms. The predicted octanol–water partition coefficient (Wildman–Crippen LogP) is 3.18. The lowest BCUT2D eigenvalue weighted by atomic mass is 10.2. The Morgan fingerprint density at radius 3 is 2.12 bits per heavy atom. The quantitative estimate of drug-likeness (QED) is 0.325. The third-order valence-electron chi connectivity index (χ3n) is 1.99. The van der Waals surface area contributed by atoms with E-state index < -0.39 is 0 Å². The molecule has 17 heavy (non-hydrogen) atoms. The minimum absolute atomic E-state index is 0.226. The highest BCUT2D eigenvalue weighted by atomic mass is 15.0. The van der Waals surface area contributed by atoms with Crippen molar-refractivity contribution in [2.75, 3.05) is 0 Å². The summed E-state index contributed by atoms with van der Waals surface area (Å²) in [5.41, 5.74) is 14.7. The molecule has 0 rings (SSSR count). The van der Waals surface area contributed by atoms with Crippen molar-refractivity contribution in [3.63, 3.8) is 0 Å². The van der Waals surface area contributed by atoms with Crippen LogP contribution in [0.4, 0.5) is 0 Å². The summed E-state index contributed by atoms with van der Waals surface area (Å²) < 4.78 is 0. The minimum Gasteiger partial charge on any atom is -0.382 e. The summed E-state index contributed by atoms with van der Waals surface area (Å²) in [7, 11) is 0. The van der Waals surface area contributed by atoms with E-state index in [1.165, 1.54) is 0 Å². The molecule has 0 aliphatic heterocycles. The number of allylic oxidation sites excluding steroid dienone is 3. The van der Waals surface area contributed by atoms with Crippen molar-refractivity contribution in [3.05, 3.63) is 35.3 Å². The first kappa shape index (κ1) is 15.0. The van der Waals surface area contributed by atoms with Crippen LogP contribution in [0.2, 0.25) is 0 Å². The minimum atomic E-state index is 0.226. The van der Waals surface area contributed by atoms with Crippen molar-refractivity contribution in [1.29, 1.82) is 5.53 Å². The molecule has 0 radical (unpaired) electrons. The number of nitrogens with two attached hydrogens (primary N) is 1. The van der Waals surface area contributed by atoms with Gasteiger partial charge in [0.15, 0.2) is 5.84 Å². The molecular formula is C12H19N5. The van der Waals surface area contributed by atoms with E-state index >= 15 is 0 Å². The van der Waals surface area contributed by atoms with Crippen molar-refractivity contribution >= 4 is 12.1 Å². The Labute approximate surface area is 102 Å². The fourth-order valence-electron chi connectivity index (χ4n) is 1.09. The maximum Gasteiger partial charge on any atom is 0.151 e. The Morgan fingerprint density at radius 1 is 1.12 bits per heavy atom. The predicted molar refractivity (Wildman–Crippen MR) is 72.2 cm³/mol. The van der Waals surface area contributed by atoms with Gasteiger partial charge in [-0.3, -0.25) is 4.99 Å². The second-order valence-corrected chi connectivity index (χ2v) is 3.18. The molecule has 0 bridgehead atoms. The van der Waals surface area contributed by atoms with E-state index in [1.807, 2.05) is 26.8 Å². The highest BCUT2D eigenvalue weighted by Crippen LogP contribution is 2.12. The molecule has 5 heteroatoms. The largest absolute Gasteiger partial charge is 0.382 e. The van der Waals surface area contributed by atoms with Gasteiger partial charge < -0.3 is 5.73 Å². The van der Waals surface area contributed by atoms with Crippen molar-refractivity contribution in [1.82, 2.24) is 0 Å². The van der Waals surface area contributed by atoms with Crippen LogP contribution in [0.3, 0.4) is 0 Å². The topological polar surface area (TPSA) is 86.9 Å². The van der Waals surface area contributed by atoms with Crippen LogP contribution < -0.4 is 5.73 Å². The Bertz CT molecular complexity index is 411. The van der Waals surface area contributed by atoms with Crippen molar-refractivity contribution in [2.45, 2.75) is 27.7 Å². The van der Waals surface area contributed by atoms with E-state index in [9.17, 15) is 0 Å². The molecule has 0 saturated heterocycles. The number of aliphatic imine (C=N–C) groups is 2. The van der Waals surface area contributed by atoms with Crippen LogP contribution in [0.5, 0.6) is 0 Å². The van der Waals surface area contributed by atoms with Gasteiger partial charge in [0.2, 0.25) is 0 Å². The van der Waals surface area contributed by atoms with Gasteiger partial charge in [-0.2, -0.15) is 5.11 Å². The Hall–Kier alpha value is -2.04. The summed E-state index contributed by atoms with van der Waals surface area (Å²) in [6.07, 6.45) is 6.88. The molecule has 0 heterocycles. The van der Waals surface area contributed by atoms with Gasteiger partial charge >= 0.3 is 0 Å². The van der Waals surface area contributed by atoms with E-state index in [0.29, 0.717) is 5.70 Å². The average Bonchev–Trinajstić information content (AvgIpc) is 2.34. The van der Waals surface area contributed by atoms with Crippen LogP contribution in [-0.2, 0) is 0 Å². The lowest BCUT2D eigenvalue weighted by Crippen LogP contribution is -2.13. The second kappa shape index (κ2) is 8.15. The van der Waals surface area contributed by atoms with E-state index in [0.717, 1.165) is 11.3 Å². The molecule has 0 atom stereocenters. The van der Waals surface area contributed by atoms with E-state index in [1.54, 1.807) is 25.4 Å². The summed E-state index contributed by atoms with van der Waals surface area (Å²) in [6, 6.07) is 0. The number of rotatable bonds is 5. The van der Waals surface area contributed by atoms with Crippen molar-refractivity contribution in [3.8, 4) is 0 Å². The lowest BCUT2D eigenvalue weighted by Gasteiger charge is -2.03. The molecule has 0 aromatic heterocycles. The van der Waals surface area contributed by atoms with Crippen LogP contribution in [0.1, 0.15) is 27.7 Å². The summed E-state index contributed by atoms with van der Waals surface area (Å²) >= 11 is 0. The molecule has 0 unspecified atom stereocenters. The van der Waals surface area contributed by atoms with Gasteiger partial charge in [-0.1, -0.05) is 12.2 Å². The number of nitrogens with one attached hydrogen (secondary N) is 1.